The van der Waals surface area contributed by atoms with Gasteiger partial charge >= 0.3 is 0 Å². The van der Waals surface area contributed by atoms with E-state index in [1.807, 2.05) is 12.6 Å². The number of rotatable bonds is 6. The molecule has 1 N–H and O–H groups in total. The molecular formula is C16H23N3S. The lowest BCUT2D eigenvalue weighted by atomic mass is 10.0. The van der Waals surface area contributed by atoms with Crippen LogP contribution in [0.2, 0.25) is 0 Å². The van der Waals surface area contributed by atoms with Crippen LogP contribution in [0.15, 0.2) is 29.8 Å². The van der Waals surface area contributed by atoms with Gasteiger partial charge in [-0.15, -0.1) is 11.3 Å². The van der Waals surface area contributed by atoms with Gasteiger partial charge in [0, 0.05) is 23.7 Å². The Hall–Kier alpha value is -1.39. The standard InChI is InChI=1S/C16H23N3S/c1-5-15(17-3)13-6-8-14(9-7-13)19(4)10-16-12(2)18-11-20-16/h6-9,11,15,17H,5,10H2,1-4H3. The predicted octanol–water partition coefficient (Wildman–Crippen LogP) is 3.76. The highest BCUT2D eigenvalue weighted by molar-refractivity contribution is 7.09. The monoisotopic (exact) mass is 289 g/mol. The number of anilines is 1. The van der Waals surface area contributed by atoms with Crippen molar-refractivity contribution in [3.8, 4) is 0 Å². The number of nitrogens with zero attached hydrogens (tertiary/aromatic N) is 2. The lowest BCUT2D eigenvalue weighted by Gasteiger charge is -2.20. The van der Waals surface area contributed by atoms with Crippen LogP contribution in [0.5, 0.6) is 0 Å². The lowest BCUT2D eigenvalue weighted by molar-refractivity contribution is 0.577. The van der Waals surface area contributed by atoms with Crippen LogP contribution in [0.4, 0.5) is 5.69 Å². The molecule has 0 aliphatic heterocycles. The zero-order chi connectivity index (χ0) is 14.5. The average molecular weight is 289 g/mol. The fourth-order valence-corrected chi connectivity index (χ4v) is 3.18. The Kier molecular flexibility index (Phi) is 5.15. The number of hydrogen-bond acceptors (Lipinski definition) is 4. The Morgan fingerprint density at radius 2 is 2.00 bits per heavy atom. The molecule has 2 rings (SSSR count). The van der Waals surface area contributed by atoms with E-state index in [4.69, 9.17) is 0 Å². The van der Waals surface area contributed by atoms with Crippen LogP contribution in [-0.2, 0) is 6.54 Å². The zero-order valence-electron chi connectivity index (χ0n) is 12.7. The number of benzene rings is 1. The molecule has 0 saturated heterocycles. The van der Waals surface area contributed by atoms with Gasteiger partial charge in [0.15, 0.2) is 0 Å². The third kappa shape index (κ3) is 3.38. The molecule has 4 heteroatoms. The summed E-state index contributed by atoms with van der Waals surface area (Å²) in [5, 5.41) is 3.34. The molecule has 3 nitrogen and oxygen atoms in total. The number of aryl methyl sites for hydroxylation is 1. The second kappa shape index (κ2) is 6.86. The molecule has 0 spiro atoms. The van der Waals surface area contributed by atoms with E-state index < -0.39 is 0 Å². The van der Waals surface area contributed by atoms with E-state index in [1.165, 1.54) is 16.1 Å². The first-order valence-corrected chi connectivity index (χ1v) is 7.91. The lowest BCUT2D eigenvalue weighted by Crippen LogP contribution is -2.17. The summed E-state index contributed by atoms with van der Waals surface area (Å²) in [4.78, 5) is 7.91. The minimum atomic E-state index is 0.443. The van der Waals surface area contributed by atoms with Gasteiger partial charge in [-0.2, -0.15) is 0 Å². The molecule has 0 radical (unpaired) electrons. The first-order chi connectivity index (χ1) is 9.65. The fourth-order valence-electron chi connectivity index (χ4n) is 2.35. The summed E-state index contributed by atoms with van der Waals surface area (Å²) in [7, 11) is 4.14. The molecule has 1 unspecified atom stereocenters. The van der Waals surface area contributed by atoms with Crippen molar-refractivity contribution >= 4 is 17.0 Å². The molecule has 0 aliphatic rings. The van der Waals surface area contributed by atoms with Gasteiger partial charge in [0.25, 0.3) is 0 Å². The van der Waals surface area contributed by atoms with E-state index >= 15 is 0 Å². The van der Waals surface area contributed by atoms with Crippen LogP contribution in [-0.4, -0.2) is 19.1 Å². The molecule has 0 aliphatic carbocycles. The van der Waals surface area contributed by atoms with Crippen molar-refractivity contribution in [1.29, 1.82) is 0 Å². The smallest absolute Gasteiger partial charge is 0.0798 e. The molecule has 0 bridgehead atoms. The van der Waals surface area contributed by atoms with Crippen molar-refractivity contribution in [3.63, 3.8) is 0 Å². The Bertz CT molecular complexity index is 529. The normalized spacial score (nSPS) is 12.4. The van der Waals surface area contributed by atoms with Crippen LogP contribution in [0.3, 0.4) is 0 Å². The summed E-state index contributed by atoms with van der Waals surface area (Å²) >= 11 is 1.73. The molecule has 1 aromatic carbocycles. The van der Waals surface area contributed by atoms with Crippen molar-refractivity contribution in [1.82, 2.24) is 10.3 Å². The van der Waals surface area contributed by atoms with Crippen LogP contribution >= 0.6 is 11.3 Å². The molecule has 2 aromatic rings. The van der Waals surface area contributed by atoms with E-state index in [-0.39, 0.29) is 0 Å². The highest BCUT2D eigenvalue weighted by Gasteiger charge is 2.09. The minimum Gasteiger partial charge on any atom is -0.369 e. The van der Waals surface area contributed by atoms with Crippen LogP contribution in [0, 0.1) is 6.92 Å². The minimum absolute atomic E-state index is 0.443. The number of aromatic nitrogens is 1. The van der Waals surface area contributed by atoms with Crippen molar-refractivity contribution in [3.05, 3.63) is 45.9 Å². The van der Waals surface area contributed by atoms with Gasteiger partial charge in [-0.1, -0.05) is 19.1 Å². The highest BCUT2D eigenvalue weighted by atomic mass is 32.1. The first-order valence-electron chi connectivity index (χ1n) is 7.03. The molecule has 0 amide bonds. The molecule has 108 valence electrons. The second-order valence-electron chi connectivity index (χ2n) is 5.06. The van der Waals surface area contributed by atoms with Gasteiger partial charge in [-0.25, -0.2) is 4.98 Å². The van der Waals surface area contributed by atoms with Crippen LogP contribution in [0.25, 0.3) is 0 Å². The molecule has 1 heterocycles. The maximum atomic E-state index is 4.31. The third-order valence-electron chi connectivity index (χ3n) is 3.72. The van der Waals surface area contributed by atoms with Gasteiger partial charge in [0.05, 0.1) is 17.7 Å². The predicted molar refractivity (Wildman–Crippen MR) is 87.5 cm³/mol. The number of thiazole rings is 1. The molecule has 1 atom stereocenters. The van der Waals surface area contributed by atoms with Crippen molar-refractivity contribution in [2.75, 3.05) is 19.0 Å². The van der Waals surface area contributed by atoms with E-state index in [0.29, 0.717) is 6.04 Å². The fraction of sp³-hybridized carbons (Fsp3) is 0.438. The van der Waals surface area contributed by atoms with Gasteiger partial charge < -0.3 is 10.2 Å². The van der Waals surface area contributed by atoms with Crippen molar-refractivity contribution in [2.24, 2.45) is 0 Å². The van der Waals surface area contributed by atoms with Crippen molar-refractivity contribution < 1.29 is 0 Å². The second-order valence-corrected chi connectivity index (χ2v) is 6.00. The summed E-state index contributed by atoms with van der Waals surface area (Å²) < 4.78 is 0. The Morgan fingerprint density at radius 1 is 1.30 bits per heavy atom. The van der Waals surface area contributed by atoms with Crippen LogP contribution in [0.1, 0.15) is 35.5 Å². The largest absolute Gasteiger partial charge is 0.369 e. The molecule has 20 heavy (non-hydrogen) atoms. The quantitative estimate of drug-likeness (QED) is 0.877. The summed E-state index contributed by atoms with van der Waals surface area (Å²) in [6.45, 7) is 5.19. The van der Waals surface area contributed by atoms with Crippen molar-refractivity contribution in [2.45, 2.75) is 32.9 Å². The van der Waals surface area contributed by atoms with E-state index in [2.05, 4.69) is 60.4 Å². The Morgan fingerprint density at radius 3 is 2.50 bits per heavy atom. The maximum absolute atomic E-state index is 4.31. The van der Waals surface area contributed by atoms with Gasteiger partial charge in [0.2, 0.25) is 0 Å². The highest BCUT2D eigenvalue weighted by Crippen LogP contribution is 2.23. The van der Waals surface area contributed by atoms with E-state index in [1.54, 1.807) is 11.3 Å². The summed E-state index contributed by atoms with van der Waals surface area (Å²) in [5.41, 5.74) is 5.65. The molecule has 1 aromatic heterocycles. The Labute approximate surface area is 125 Å². The molecular weight excluding hydrogens is 266 g/mol. The summed E-state index contributed by atoms with van der Waals surface area (Å²) in [6.07, 6.45) is 1.10. The number of hydrogen-bond donors (Lipinski definition) is 1. The van der Waals surface area contributed by atoms with E-state index in [0.717, 1.165) is 18.7 Å². The van der Waals surface area contributed by atoms with Gasteiger partial charge in [0.1, 0.15) is 0 Å². The molecule has 0 fully saturated rings. The van der Waals surface area contributed by atoms with Gasteiger partial charge in [-0.05, 0) is 38.1 Å². The number of nitrogens with one attached hydrogen (secondary N) is 1. The Balaban J connectivity index is 2.07. The SMILES string of the molecule is CCC(NC)c1ccc(N(C)Cc2scnc2C)cc1. The topological polar surface area (TPSA) is 28.2 Å². The first kappa shape index (κ1) is 15.0. The summed E-state index contributed by atoms with van der Waals surface area (Å²) in [5.74, 6) is 0. The summed E-state index contributed by atoms with van der Waals surface area (Å²) in [6, 6.07) is 9.28. The average Bonchev–Trinajstić information content (AvgIpc) is 2.86. The van der Waals surface area contributed by atoms with Gasteiger partial charge in [-0.3, -0.25) is 0 Å². The maximum Gasteiger partial charge on any atom is 0.0798 e. The third-order valence-corrected chi connectivity index (χ3v) is 4.64. The van der Waals surface area contributed by atoms with Crippen LogP contribution < -0.4 is 10.2 Å². The van der Waals surface area contributed by atoms with E-state index in [9.17, 15) is 0 Å². The molecule has 0 saturated carbocycles. The zero-order valence-corrected chi connectivity index (χ0v) is 13.5.